The molecule has 0 aromatic carbocycles. The number of thiophene rings is 1. The highest BCUT2D eigenvalue weighted by Gasteiger charge is 2.45. The van der Waals surface area contributed by atoms with Gasteiger partial charge in [0.2, 0.25) is 0 Å². The third-order valence-electron chi connectivity index (χ3n) is 4.72. The Hall–Kier alpha value is -1.22. The van der Waals surface area contributed by atoms with E-state index in [-0.39, 0.29) is 21.9 Å². The molecule has 0 saturated carbocycles. The SMILES string of the molecule is Cc1nc2c(c(=O)[nH]1)CC1CCC(C2)N1S(=O)(=O)c1ccc(Cl)s1. The quantitative estimate of drug-likeness (QED) is 0.858. The molecular weight excluding hydrogens is 370 g/mol. The molecule has 4 rings (SSSR count). The lowest BCUT2D eigenvalue weighted by atomic mass is 9.98. The van der Waals surface area contributed by atoms with Crippen LogP contribution in [-0.4, -0.2) is 34.8 Å². The Balaban J connectivity index is 1.78. The van der Waals surface area contributed by atoms with E-state index in [1.54, 1.807) is 23.4 Å². The lowest BCUT2D eigenvalue weighted by Gasteiger charge is -2.26. The van der Waals surface area contributed by atoms with Crippen molar-refractivity contribution in [1.29, 1.82) is 0 Å². The standard InChI is InChI=1S/C15H16ClN3O3S2/c1-8-17-12-7-10-3-2-9(6-11(12)15(20)18-8)19(10)24(21,22)14-5-4-13(16)23-14/h4-5,9-10H,2-3,6-7H2,1H3,(H,17,18,20). The van der Waals surface area contributed by atoms with Crippen LogP contribution < -0.4 is 5.56 Å². The predicted octanol–water partition coefficient (Wildman–Crippen LogP) is 2.11. The molecule has 6 nitrogen and oxygen atoms in total. The summed E-state index contributed by atoms with van der Waals surface area (Å²) in [6, 6.07) is 2.79. The summed E-state index contributed by atoms with van der Waals surface area (Å²) in [5.74, 6) is 0.566. The third-order valence-corrected chi connectivity index (χ3v) is 8.43. The number of aryl methyl sites for hydroxylation is 1. The monoisotopic (exact) mass is 385 g/mol. The number of H-pyrrole nitrogens is 1. The Bertz CT molecular complexity index is 967. The molecule has 128 valence electrons. The number of halogens is 1. The molecule has 1 N–H and O–H groups in total. The first kappa shape index (κ1) is 16.3. The van der Waals surface area contributed by atoms with Gasteiger partial charge in [0.25, 0.3) is 15.6 Å². The van der Waals surface area contributed by atoms with Gasteiger partial charge in [-0.15, -0.1) is 11.3 Å². The number of sulfonamides is 1. The van der Waals surface area contributed by atoms with Crippen molar-refractivity contribution in [3.05, 3.63) is 43.9 Å². The number of fused-ring (bicyclic) bond motifs is 3. The highest BCUT2D eigenvalue weighted by atomic mass is 35.5. The van der Waals surface area contributed by atoms with E-state index in [0.29, 0.717) is 28.6 Å². The maximum absolute atomic E-state index is 13.1. The van der Waals surface area contributed by atoms with Crippen LogP contribution in [0, 0.1) is 6.92 Å². The molecule has 2 bridgehead atoms. The number of aromatic amines is 1. The average Bonchev–Trinajstić information content (AvgIpc) is 3.04. The van der Waals surface area contributed by atoms with Crippen molar-refractivity contribution < 1.29 is 8.42 Å². The van der Waals surface area contributed by atoms with Gasteiger partial charge in [-0.05, 0) is 38.3 Å². The molecule has 2 aromatic heterocycles. The molecule has 2 atom stereocenters. The molecule has 0 aliphatic carbocycles. The highest BCUT2D eigenvalue weighted by Crippen LogP contribution is 2.39. The van der Waals surface area contributed by atoms with Gasteiger partial charge in [0.15, 0.2) is 0 Å². The van der Waals surface area contributed by atoms with Gasteiger partial charge in [-0.1, -0.05) is 11.6 Å². The number of nitrogens with zero attached hydrogens (tertiary/aromatic N) is 2. The highest BCUT2D eigenvalue weighted by molar-refractivity contribution is 7.91. The van der Waals surface area contributed by atoms with E-state index in [4.69, 9.17) is 11.6 Å². The fourth-order valence-corrected chi connectivity index (χ4v) is 7.22. The van der Waals surface area contributed by atoms with Gasteiger partial charge in [-0.2, -0.15) is 4.31 Å². The van der Waals surface area contributed by atoms with Crippen LogP contribution in [0.1, 0.15) is 29.9 Å². The van der Waals surface area contributed by atoms with Crippen LogP contribution in [0.5, 0.6) is 0 Å². The Morgan fingerprint density at radius 3 is 2.67 bits per heavy atom. The molecule has 0 amide bonds. The normalized spacial score (nSPS) is 23.9. The van der Waals surface area contributed by atoms with Gasteiger partial charge < -0.3 is 4.98 Å². The summed E-state index contributed by atoms with van der Waals surface area (Å²) in [5.41, 5.74) is 1.20. The minimum absolute atomic E-state index is 0.151. The van der Waals surface area contributed by atoms with Crippen LogP contribution in [0.2, 0.25) is 4.34 Å². The molecule has 1 fully saturated rings. The van der Waals surface area contributed by atoms with E-state index >= 15 is 0 Å². The molecule has 1 saturated heterocycles. The zero-order valence-corrected chi connectivity index (χ0v) is 15.3. The summed E-state index contributed by atoms with van der Waals surface area (Å²) in [4.78, 5) is 19.4. The third kappa shape index (κ3) is 2.52. The van der Waals surface area contributed by atoms with Crippen molar-refractivity contribution in [3.8, 4) is 0 Å². The van der Waals surface area contributed by atoms with Gasteiger partial charge in [0.05, 0.1) is 10.0 Å². The van der Waals surface area contributed by atoms with Crippen molar-refractivity contribution >= 4 is 33.0 Å². The number of hydrogen-bond acceptors (Lipinski definition) is 5. The topological polar surface area (TPSA) is 83.1 Å². The molecule has 2 aromatic rings. The van der Waals surface area contributed by atoms with Crippen LogP contribution in [-0.2, 0) is 22.9 Å². The average molecular weight is 386 g/mol. The van der Waals surface area contributed by atoms with Crippen molar-refractivity contribution in [1.82, 2.24) is 14.3 Å². The van der Waals surface area contributed by atoms with Gasteiger partial charge in [0.1, 0.15) is 10.0 Å². The second kappa shape index (κ2) is 5.66. The van der Waals surface area contributed by atoms with Gasteiger partial charge in [-0.3, -0.25) is 4.79 Å². The molecule has 0 spiro atoms. The summed E-state index contributed by atoms with van der Waals surface area (Å²) in [6.07, 6.45) is 2.44. The summed E-state index contributed by atoms with van der Waals surface area (Å²) >= 11 is 6.99. The van der Waals surface area contributed by atoms with Crippen LogP contribution >= 0.6 is 22.9 Å². The molecule has 2 aliphatic rings. The van der Waals surface area contributed by atoms with E-state index in [2.05, 4.69) is 9.97 Å². The maximum Gasteiger partial charge on any atom is 0.254 e. The van der Waals surface area contributed by atoms with Crippen LogP contribution in [0.15, 0.2) is 21.1 Å². The minimum Gasteiger partial charge on any atom is -0.311 e. The first-order chi connectivity index (χ1) is 11.4. The number of aromatic nitrogens is 2. The van der Waals surface area contributed by atoms with E-state index in [1.807, 2.05) is 0 Å². The number of rotatable bonds is 2. The van der Waals surface area contributed by atoms with Gasteiger partial charge in [0, 0.05) is 24.1 Å². The van der Waals surface area contributed by atoms with Crippen molar-refractivity contribution in [2.75, 3.05) is 0 Å². The van der Waals surface area contributed by atoms with E-state index < -0.39 is 10.0 Å². The second-order valence-electron chi connectivity index (χ2n) is 6.26. The Morgan fingerprint density at radius 2 is 2.00 bits per heavy atom. The maximum atomic E-state index is 13.1. The largest absolute Gasteiger partial charge is 0.311 e. The molecular formula is C15H16ClN3O3S2. The zero-order chi connectivity index (χ0) is 17.1. The van der Waals surface area contributed by atoms with Crippen molar-refractivity contribution in [3.63, 3.8) is 0 Å². The molecule has 2 aliphatic heterocycles. The van der Waals surface area contributed by atoms with Crippen LogP contribution in [0.25, 0.3) is 0 Å². The number of nitrogens with one attached hydrogen (secondary N) is 1. The fourth-order valence-electron chi connectivity index (χ4n) is 3.76. The molecule has 2 unspecified atom stereocenters. The van der Waals surface area contributed by atoms with E-state index in [1.165, 1.54) is 0 Å². The molecule has 0 radical (unpaired) electrons. The second-order valence-corrected chi connectivity index (χ2v) is 10.0. The molecule has 24 heavy (non-hydrogen) atoms. The minimum atomic E-state index is -3.61. The zero-order valence-electron chi connectivity index (χ0n) is 13.0. The van der Waals surface area contributed by atoms with Gasteiger partial charge >= 0.3 is 0 Å². The first-order valence-corrected chi connectivity index (χ1v) is 10.4. The Morgan fingerprint density at radius 1 is 1.29 bits per heavy atom. The van der Waals surface area contributed by atoms with E-state index in [0.717, 1.165) is 29.9 Å². The van der Waals surface area contributed by atoms with Crippen LogP contribution in [0.4, 0.5) is 0 Å². The lowest BCUT2D eigenvalue weighted by Crippen LogP contribution is -2.41. The van der Waals surface area contributed by atoms with Crippen LogP contribution in [0.3, 0.4) is 0 Å². The Labute approximate surface area is 148 Å². The fraction of sp³-hybridized carbons (Fsp3) is 0.467. The summed E-state index contributed by atoms with van der Waals surface area (Å²) in [5, 5.41) is 0. The molecule has 9 heteroatoms. The summed E-state index contributed by atoms with van der Waals surface area (Å²) in [7, 11) is -3.61. The van der Waals surface area contributed by atoms with Crippen molar-refractivity contribution in [2.45, 2.75) is 48.9 Å². The molecule has 4 heterocycles. The summed E-state index contributed by atoms with van der Waals surface area (Å²) in [6.45, 7) is 1.74. The van der Waals surface area contributed by atoms with Crippen molar-refractivity contribution in [2.24, 2.45) is 0 Å². The number of hydrogen-bond donors (Lipinski definition) is 1. The smallest absolute Gasteiger partial charge is 0.254 e. The lowest BCUT2D eigenvalue weighted by molar-refractivity contribution is 0.328. The van der Waals surface area contributed by atoms with Gasteiger partial charge in [-0.25, -0.2) is 13.4 Å². The Kier molecular flexibility index (Phi) is 3.83. The first-order valence-electron chi connectivity index (χ1n) is 7.74. The summed E-state index contributed by atoms with van der Waals surface area (Å²) < 4.78 is 28.5. The van der Waals surface area contributed by atoms with E-state index in [9.17, 15) is 13.2 Å². The predicted molar refractivity (Wildman–Crippen MR) is 92.2 cm³/mol.